The molecule has 0 saturated carbocycles. The largest absolute Gasteiger partial charge is 0.496 e. The first-order valence-corrected chi connectivity index (χ1v) is 14.0. The number of nitrogens with one attached hydrogen (secondary N) is 1. The van der Waals surface area contributed by atoms with Gasteiger partial charge in [0.2, 0.25) is 15.9 Å². The quantitative estimate of drug-likeness (QED) is 0.401. The van der Waals surface area contributed by atoms with Crippen molar-refractivity contribution in [2.75, 3.05) is 31.3 Å². The lowest BCUT2D eigenvalue weighted by atomic mass is 9.96. The number of carbonyl (C=O) groups excluding carboxylic acids is 1. The highest BCUT2D eigenvalue weighted by atomic mass is 35.5. The third-order valence-electron chi connectivity index (χ3n) is 6.04. The molecule has 2 aromatic carbocycles. The van der Waals surface area contributed by atoms with Gasteiger partial charge in [-0.2, -0.15) is 0 Å². The van der Waals surface area contributed by atoms with Gasteiger partial charge in [-0.1, -0.05) is 37.0 Å². The van der Waals surface area contributed by atoms with Gasteiger partial charge in [-0.3, -0.25) is 4.79 Å². The van der Waals surface area contributed by atoms with Gasteiger partial charge in [0, 0.05) is 30.8 Å². The van der Waals surface area contributed by atoms with Crippen molar-refractivity contribution in [2.45, 2.75) is 46.0 Å². The Hall–Kier alpha value is -2.00. The van der Waals surface area contributed by atoms with Crippen molar-refractivity contribution in [3.63, 3.8) is 0 Å². The third kappa shape index (κ3) is 7.03. The summed E-state index contributed by atoms with van der Waals surface area (Å²) < 4.78 is 37.2. The molecule has 1 amide bonds. The minimum atomic E-state index is -3.26. The molecular weight excluding hydrogens is 511 g/mol. The summed E-state index contributed by atoms with van der Waals surface area (Å²) in [7, 11) is -1.63. The smallest absolute Gasteiger partial charge is 0.224 e. The van der Waals surface area contributed by atoms with E-state index in [1.54, 1.807) is 32.2 Å². The zero-order chi connectivity index (χ0) is 25.8. The monoisotopic (exact) mass is 542 g/mol. The van der Waals surface area contributed by atoms with Gasteiger partial charge in [0.25, 0.3) is 0 Å². The molecular formula is C25H32Cl2N2O5S. The van der Waals surface area contributed by atoms with E-state index in [2.05, 4.69) is 19.2 Å². The second-order valence-corrected chi connectivity index (χ2v) is 12.0. The Labute approximate surface area is 217 Å². The molecule has 1 fully saturated rings. The zero-order valence-electron chi connectivity index (χ0n) is 20.4. The van der Waals surface area contributed by atoms with Crippen LogP contribution in [-0.2, 0) is 14.8 Å². The molecule has 1 heterocycles. The fourth-order valence-corrected chi connectivity index (χ4v) is 5.95. The van der Waals surface area contributed by atoms with Gasteiger partial charge in [0.05, 0.1) is 22.9 Å². The van der Waals surface area contributed by atoms with Gasteiger partial charge in [-0.15, -0.1) is 0 Å². The fourth-order valence-electron chi connectivity index (χ4n) is 4.18. The SMILES string of the molecule is CCS(=O)(=O)N1CCCC(CC(=O)Nc2cc(Cl)c(Oc3ccc(OC)c(C(C)C)c3)c(Cl)c2)C1. The Bertz CT molecular complexity index is 1150. The molecule has 1 atom stereocenters. The molecule has 1 aliphatic rings. The molecule has 2 aromatic rings. The highest BCUT2D eigenvalue weighted by Crippen LogP contribution is 2.40. The number of ether oxygens (including phenoxy) is 2. The highest BCUT2D eigenvalue weighted by Gasteiger charge is 2.29. The molecule has 1 unspecified atom stereocenters. The summed E-state index contributed by atoms with van der Waals surface area (Å²) in [4.78, 5) is 12.7. The standard InChI is InChI=1S/C25H32Cl2N2O5S/c1-5-35(31,32)29-10-6-7-17(15-29)11-24(30)28-18-12-21(26)25(22(27)13-18)34-19-8-9-23(33-4)20(14-19)16(2)3/h8-9,12-14,16-17H,5-7,10-11,15H2,1-4H3,(H,28,30). The molecule has 0 aromatic heterocycles. The van der Waals surface area contributed by atoms with Crippen LogP contribution in [0.5, 0.6) is 17.2 Å². The van der Waals surface area contributed by atoms with E-state index in [1.807, 2.05) is 12.1 Å². The van der Waals surface area contributed by atoms with E-state index in [9.17, 15) is 13.2 Å². The Balaban J connectivity index is 1.68. The average molecular weight is 544 g/mol. The van der Waals surface area contributed by atoms with E-state index in [-0.39, 0.29) is 40.0 Å². The molecule has 0 spiro atoms. The molecule has 0 aliphatic carbocycles. The topological polar surface area (TPSA) is 84.9 Å². The van der Waals surface area contributed by atoms with Crippen LogP contribution >= 0.6 is 23.2 Å². The summed E-state index contributed by atoms with van der Waals surface area (Å²) in [5.74, 6) is 1.67. The number of carbonyl (C=O) groups is 1. The van der Waals surface area contributed by atoms with Crippen LogP contribution in [0.4, 0.5) is 5.69 Å². The second-order valence-electron chi connectivity index (χ2n) is 8.95. The summed E-state index contributed by atoms with van der Waals surface area (Å²) in [5, 5.41) is 3.33. The highest BCUT2D eigenvalue weighted by molar-refractivity contribution is 7.89. The van der Waals surface area contributed by atoms with Crippen LogP contribution in [0.2, 0.25) is 10.0 Å². The van der Waals surface area contributed by atoms with Crippen LogP contribution in [0.15, 0.2) is 30.3 Å². The predicted molar refractivity (Wildman–Crippen MR) is 141 cm³/mol. The first kappa shape index (κ1) is 27.6. The van der Waals surface area contributed by atoms with E-state index in [1.165, 1.54) is 4.31 Å². The molecule has 192 valence electrons. The minimum absolute atomic E-state index is 0.0381. The summed E-state index contributed by atoms with van der Waals surface area (Å²) in [6, 6.07) is 8.67. The molecule has 1 aliphatic heterocycles. The molecule has 1 N–H and O–H groups in total. The summed E-state index contributed by atoms with van der Waals surface area (Å²) in [6.07, 6.45) is 1.76. The van der Waals surface area contributed by atoms with E-state index in [4.69, 9.17) is 32.7 Å². The number of hydrogen-bond acceptors (Lipinski definition) is 5. The number of anilines is 1. The van der Waals surface area contributed by atoms with E-state index in [0.717, 1.165) is 24.2 Å². The third-order valence-corrected chi connectivity index (χ3v) is 8.45. The number of sulfonamides is 1. The van der Waals surface area contributed by atoms with Crippen LogP contribution in [0.25, 0.3) is 0 Å². The molecule has 10 heteroatoms. The van der Waals surface area contributed by atoms with Gasteiger partial charge >= 0.3 is 0 Å². The molecule has 0 radical (unpaired) electrons. The summed E-state index contributed by atoms with van der Waals surface area (Å²) in [6.45, 7) is 6.62. The van der Waals surface area contributed by atoms with E-state index in [0.29, 0.717) is 30.3 Å². The maximum absolute atomic E-state index is 12.7. The van der Waals surface area contributed by atoms with Crippen LogP contribution in [0.3, 0.4) is 0 Å². The number of amides is 1. The molecule has 3 rings (SSSR count). The van der Waals surface area contributed by atoms with Gasteiger partial charge in [0.15, 0.2) is 5.75 Å². The van der Waals surface area contributed by atoms with Gasteiger partial charge < -0.3 is 14.8 Å². The van der Waals surface area contributed by atoms with Crippen LogP contribution in [0.1, 0.15) is 51.5 Å². The number of methoxy groups -OCH3 is 1. The summed E-state index contributed by atoms with van der Waals surface area (Å²) in [5.41, 5.74) is 1.44. The Kier molecular flexibility index (Phi) is 9.32. The van der Waals surface area contributed by atoms with Crippen molar-refractivity contribution in [1.29, 1.82) is 0 Å². The number of benzene rings is 2. The Morgan fingerprint density at radius 3 is 2.49 bits per heavy atom. The maximum Gasteiger partial charge on any atom is 0.224 e. The number of piperidine rings is 1. The maximum atomic E-state index is 12.7. The van der Waals surface area contributed by atoms with E-state index >= 15 is 0 Å². The van der Waals surface area contributed by atoms with Crippen LogP contribution in [0, 0.1) is 5.92 Å². The predicted octanol–water partition coefficient (Wildman–Crippen LogP) is 6.31. The lowest BCUT2D eigenvalue weighted by Crippen LogP contribution is -2.41. The second kappa shape index (κ2) is 11.8. The van der Waals surface area contributed by atoms with Gasteiger partial charge in [0.1, 0.15) is 11.5 Å². The lowest BCUT2D eigenvalue weighted by Gasteiger charge is -2.31. The zero-order valence-corrected chi connectivity index (χ0v) is 22.8. The van der Waals surface area contributed by atoms with Gasteiger partial charge in [-0.05, 0) is 61.9 Å². The minimum Gasteiger partial charge on any atom is -0.496 e. The summed E-state index contributed by atoms with van der Waals surface area (Å²) >= 11 is 12.9. The van der Waals surface area contributed by atoms with Crippen molar-refractivity contribution < 1.29 is 22.7 Å². The van der Waals surface area contributed by atoms with Crippen molar-refractivity contribution in [2.24, 2.45) is 5.92 Å². The first-order valence-electron chi connectivity index (χ1n) is 11.7. The fraction of sp³-hybridized carbons (Fsp3) is 0.480. The number of rotatable bonds is 9. The van der Waals surface area contributed by atoms with Crippen molar-refractivity contribution in [3.8, 4) is 17.2 Å². The van der Waals surface area contributed by atoms with Crippen LogP contribution < -0.4 is 14.8 Å². The first-order chi connectivity index (χ1) is 16.5. The lowest BCUT2D eigenvalue weighted by molar-refractivity contribution is -0.117. The van der Waals surface area contributed by atoms with Gasteiger partial charge in [-0.25, -0.2) is 12.7 Å². The number of nitrogens with zero attached hydrogens (tertiary/aromatic N) is 1. The molecule has 0 bridgehead atoms. The molecule has 7 nitrogen and oxygen atoms in total. The Morgan fingerprint density at radius 1 is 1.20 bits per heavy atom. The average Bonchev–Trinajstić information content (AvgIpc) is 2.81. The van der Waals surface area contributed by atoms with Crippen molar-refractivity contribution in [1.82, 2.24) is 4.31 Å². The Morgan fingerprint density at radius 2 is 1.89 bits per heavy atom. The normalized spacial score (nSPS) is 16.8. The van der Waals surface area contributed by atoms with Crippen molar-refractivity contribution in [3.05, 3.63) is 45.9 Å². The number of hydrogen-bond donors (Lipinski definition) is 1. The molecule has 1 saturated heterocycles. The van der Waals surface area contributed by atoms with Crippen LogP contribution in [-0.4, -0.2) is 44.6 Å². The molecule has 35 heavy (non-hydrogen) atoms. The number of halogens is 2. The van der Waals surface area contributed by atoms with E-state index < -0.39 is 10.0 Å². The van der Waals surface area contributed by atoms with Crippen molar-refractivity contribution >= 4 is 44.8 Å².